The van der Waals surface area contributed by atoms with Crippen molar-refractivity contribution in [1.82, 2.24) is 0 Å². The molecule has 2 aliphatic heterocycles. The molecule has 0 unspecified atom stereocenters. The smallest absolute Gasteiger partial charge is 0.311 e. The fourth-order valence-corrected chi connectivity index (χ4v) is 7.55. The summed E-state index contributed by atoms with van der Waals surface area (Å²) in [6.45, 7) is 5.89. The zero-order chi connectivity index (χ0) is 44.7. The first-order chi connectivity index (χ1) is 31.1. The van der Waals surface area contributed by atoms with Crippen LogP contribution in [-0.4, -0.2) is 90.8 Å². The van der Waals surface area contributed by atoms with Gasteiger partial charge in [-0.25, -0.2) is 0 Å². The van der Waals surface area contributed by atoms with E-state index in [0.717, 1.165) is 27.8 Å². The van der Waals surface area contributed by atoms with Gasteiger partial charge >= 0.3 is 5.97 Å². The minimum Gasteiger partial charge on any atom is -0.462 e. The normalized spacial score (nSPS) is 26.0. The first kappa shape index (κ1) is 47.1. The molecule has 12 heteroatoms. The largest absolute Gasteiger partial charge is 0.462 e. The molecule has 64 heavy (non-hydrogen) atoms. The molecule has 0 spiro atoms. The molecule has 0 bridgehead atoms. The van der Waals surface area contributed by atoms with Crippen molar-refractivity contribution in [3.8, 4) is 0 Å². The Morgan fingerprint density at radius 2 is 0.875 bits per heavy atom. The van der Waals surface area contributed by atoms with Gasteiger partial charge in [0.25, 0.3) is 0 Å². The molecule has 0 aliphatic carbocycles. The molecule has 5 aromatic carbocycles. The zero-order valence-corrected chi connectivity index (χ0v) is 36.6. The third-order valence-electron chi connectivity index (χ3n) is 11.0. The number of aliphatic hydroxyl groups excluding tert-OH is 2. The molecule has 2 aliphatic rings. The van der Waals surface area contributed by atoms with Crippen LogP contribution in [0.5, 0.6) is 0 Å². The van der Waals surface area contributed by atoms with Gasteiger partial charge < -0.3 is 52.8 Å². The summed E-state index contributed by atoms with van der Waals surface area (Å²) in [5.74, 6) is -0.498. The molecule has 7 rings (SSSR count). The fraction of sp³-hybridized carbons (Fsp3) is 0.404. The van der Waals surface area contributed by atoms with Crippen LogP contribution in [0.25, 0.3) is 0 Å². The second kappa shape index (κ2) is 23.4. The number of carbonyl (C=O) groups excluding carboxylic acids is 1. The second-order valence-corrected chi connectivity index (χ2v) is 17.1. The number of hydrogen-bond donors (Lipinski definition) is 2. The van der Waals surface area contributed by atoms with Crippen LogP contribution in [0.1, 0.15) is 48.6 Å². The first-order valence-corrected chi connectivity index (χ1v) is 21.9. The lowest BCUT2D eigenvalue weighted by Crippen LogP contribution is -2.66. The van der Waals surface area contributed by atoms with Gasteiger partial charge in [-0.1, -0.05) is 152 Å². The van der Waals surface area contributed by atoms with E-state index >= 15 is 0 Å². The summed E-state index contributed by atoms with van der Waals surface area (Å²) >= 11 is 0. The van der Waals surface area contributed by atoms with Crippen molar-refractivity contribution in [2.75, 3.05) is 13.2 Å². The standard InChI is InChI=1S/C52H60O12/c1-52(2,3)51(55)61-35-42-44(43(53)46(49(54)62-42)58-31-38-23-13-6-14-24-38)64-50-48(60-33-40-27-17-8-18-28-40)47(59-32-39-25-15-7-16-26-39)45(57-30-37-21-11-5-12-22-37)41(63-50)34-56-29-36-19-9-4-10-20-36/h4-28,41-50,53-54H,29-35H2,1-3H3/t41-,42-,43+,44-,45-,46-,47+,48+,49-,50+/m1/s1. The van der Waals surface area contributed by atoms with E-state index in [-0.39, 0.29) is 39.6 Å². The van der Waals surface area contributed by atoms with Crippen molar-refractivity contribution < 1.29 is 57.6 Å². The van der Waals surface area contributed by atoms with E-state index in [1.54, 1.807) is 20.8 Å². The molecule has 340 valence electrons. The molecule has 0 radical (unpaired) electrons. The Labute approximate surface area is 375 Å². The highest BCUT2D eigenvalue weighted by Gasteiger charge is 2.54. The Kier molecular flexibility index (Phi) is 17.2. The summed E-state index contributed by atoms with van der Waals surface area (Å²) in [6, 6.07) is 48.5. The monoisotopic (exact) mass is 876 g/mol. The Hall–Kier alpha value is -4.83. The predicted octanol–water partition coefficient (Wildman–Crippen LogP) is 7.32. The maximum absolute atomic E-state index is 13.1. The van der Waals surface area contributed by atoms with E-state index in [0.29, 0.717) is 6.61 Å². The lowest BCUT2D eigenvalue weighted by Gasteiger charge is -2.49. The molecule has 12 nitrogen and oxygen atoms in total. The Bertz CT molecular complexity index is 2090. The predicted molar refractivity (Wildman–Crippen MR) is 237 cm³/mol. The Morgan fingerprint density at radius 3 is 1.33 bits per heavy atom. The molecular formula is C52H60O12. The topological polar surface area (TPSA) is 141 Å². The molecule has 2 N–H and O–H groups in total. The average molecular weight is 877 g/mol. The van der Waals surface area contributed by atoms with Gasteiger partial charge in [0.05, 0.1) is 45.1 Å². The van der Waals surface area contributed by atoms with Gasteiger partial charge in [0.2, 0.25) is 0 Å². The lowest BCUT2D eigenvalue weighted by molar-refractivity contribution is -0.370. The third kappa shape index (κ3) is 13.4. The van der Waals surface area contributed by atoms with Gasteiger partial charge in [-0.15, -0.1) is 0 Å². The van der Waals surface area contributed by atoms with Crippen LogP contribution in [0.4, 0.5) is 0 Å². The number of ether oxygens (including phenoxy) is 9. The van der Waals surface area contributed by atoms with E-state index in [4.69, 9.17) is 42.6 Å². The SMILES string of the molecule is CC(C)(C)C(=O)OC[C@H]1O[C@@H](O)[C@H](OCc2ccccc2)[C@@H](O)[C@@H]1O[C@@H]1O[C@H](COCc2ccccc2)[C@@H](OCc2ccccc2)[C@H](OCc2ccccc2)[C@@H]1OCc1ccccc1. The Morgan fingerprint density at radius 1 is 0.484 bits per heavy atom. The first-order valence-electron chi connectivity index (χ1n) is 21.9. The van der Waals surface area contributed by atoms with Crippen molar-refractivity contribution >= 4 is 5.97 Å². The van der Waals surface area contributed by atoms with Crippen LogP contribution in [0.2, 0.25) is 0 Å². The van der Waals surface area contributed by atoms with Crippen molar-refractivity contribution in [3.63, 3.8) is 0 Å². The summed E-state index contributed by atoms with van der Waals surface area (Å²) in [6.07, 6.45) is -11.4. The quantitative estimate of drug-likeness (QED) is 0.0758. The molecule has 0 aromatic heterocycles. The summed E-state index contributed by atoms with van der Waals surface area (Å²) in [5, 5.41) is 23.5. The van der Waals surface area contributed by atoms with Crippen molar-refractivity contribution in [2.45, 2.75) is 115 Å². The molecule has 2 fully saturated rings. The van der Waals surface area contributed by atoms with Crippen LogP contribution < -0.4 is 0 Å². The van der Waals surface area contributed by atoms with Gasteiger partial charge in [-0.2, -0.15) is 0 Å². The van der Waals surface area contributed by atoms with E-state index in [2.05, 4.69) is 0 Å². The maximum atomic E-state index is 13.1. The lowest BCUT2D eigenvalue weighted by atomic mass is 9.95. The van der Waals surface area contributed by atoms with Crippen molar-refractivity contribution in [1.29, 1.82) is 0 Å². The van der Waals surface area contributed by atoms with E-state index < -0.39 is 72.8 Å². The highest BCUT2D eigenvalue weighted by atomic mass is 16.7. The highest BCUT2D eigenvalue weighted by molar-refractivity contribution is 5.75. The van der Waals surface area contributed by atoms with Crippen molar-refractivity contribution in [3.05, 3.63) is 179 Å². The molecule has 2 heterocycles. The Balaban J connectivity index is 1.24. The summed E-state index contributed by atoms with van der Waals surface area (Å²) < 4.78 is 58.7. The van der Waals surface area contributed by atoms with Gasteiger partial charge in [-0.05, 0) is 48.6 Å². The number of benzene rings is 5. The molecule has 0 amide bonds. The van der Waals surface area contributed by atoms with E-state index in [1.165, 1.54) is 0 Å². The summed E-state index contributed by atoms with van der Waals surface area (Å²) in [4.78, 5) is 13.1. The minimum absolute atomic E-state index is 0.0682. The number of hydrogen-bond acceptors (Lipinski definition) is 12. The van der Waals surface area contributed by atoms with Crippen LogP contribution >= 0.6 is 0 Å². The van der Waals surface area contributed by atoms with Gasteiger partial charge in [-0.3, -0.25) is 4.79 Å². The number of aliphatic hydroxyl groups is 2. The van der Waals surface area contributed by atoms with Crippen LogP contribution in [0.15, 0.2) is 152 Å². The van der Waals surface area contributed by atoms with Gasteiger partial charge in [0.1, 0.15) is 55.4 Å². The van der Waals surface area contributed by atoms with Crippen LogP contribution in [0, 0.1) is 5.41 Å². The average Bonchev–Trinajstić information content (AvgIpc) is 3.31. The van der Waals surface area contributed by atoms with Crippen LogP contribution in [-0.2, 0) is 80.5 Å². The van der Waals surface area contributed by atoms with Gasteiger partial charge in [0, 0.05) is 0 Å². The molecule has 10 atom stereocenters. The zero-order valence-electron chi connectivity index (χ0n) is 36.6. The fourth-order valence-electron chi connectivity index (χ4n) is 7.55. The minimum atomic E-state index is -1.59. The third-order valence-corrected chi connectivity index (χ3v) is 11.0. The highest BCUT2D eigenvalue weighted by Crippen LogP contribution is 2.35. The van der Waals surface area contributed by atoms with Gasteiger partial charge in [0.15, 0.2) is 12.6 Å². The number of rotatable bonds is 20. The summed E-state index contributed by atoms with van der Waals surface area (Å²) in [5.41, 5.74) is 3.73. The molecular weight excluding hydrogens is 817 g/mol. The van der Waals surface area contributed by atoms with E-state index in [1.807, 2.05) is 152 Å². The van der Waals surface area contributed by atoms with Crippen LogP contribution in [0.3, 0.4) is 0 Å². The van der Waals surface area contributed by atoms with E-state index in [9.17, 15) is 15.0 Å². The molecule has 5 aromatic rings. The summed E-state index contributed by atoms with van der Waals surface area (Å²) in [7, 11) is 0. The maximum Gasteiger partial charge on any atom is 0.311 e. The molecule has 0 saturated carbocycles. The number of carbonyl (C=O) groups is 1. The van der Waals surface area contributed by atoms with Crippen molar-refractivity contribution in [2.24, 2.45) is 5.41 Å². The molecule has 2 saturated heterocycles. The second-order valence-electron chi connectivity index (χ2n) is 17.1. The number of esters is 1.